The van der Waals surface area contributed by atoms with E-state index in [0.717, 1.165) is 12.2 Å². The first-order valence-corrected chi connectivity index (χ1v) is 6.85. The van der Waals surface area contributed by atoms with Gasteiger partial charge in [-0.1, -0.05) is 31.9 Å². The van der Waals surface area contributed by atoms with Gasteiger partial charge < -0.3 is 4.74 Å². The Morgan fingerprint density at radius 3 is 2.35 bits per heavy atom. The highest BCUT2D eigenvalue weighted by atomic mass is 35.5. The molecule has 0 amide bonds. The number of hydrogen-bond donors (Lipinski definition) is 0. The van der Waals surface area contributed by atoms with Crippen molar-refractivity contribution in [2.24, 2.45) is 5.41 Å². The maximum atomic E-state index is 6.61. The molecule has 2 rings (SSSR count). The van der Waals surface area contributed by atoms with Crippen molar-refractivity contribution in [3.8, 4) is 5.75 Å². The molecule has 0 heterocycles. The van der Waals surface area contributed by atoms with E-state index in [1.54, 1.807) is 7.11 Å². The highest BCUT2D eigenvalue weighted by molar-refractivity contribution is 6.21. The van der Waals surface area contributed by atoms with Crippen LogP contribution in [-0.2, 0) is 6.42 Å². The van der Waals surface area contributed by atoms with Crippen LogP contribution in [0.15, 0.2) is 24.3 Å². The molecule has 0 bridgehead atoms. The summed E-state index contributed by atoms with van der Waals surface area (Å²) in [5.74, 6) is 0.909. The van der Waals surface area contributed by atoms with Crippen LogP contribution in [0.5, 0.6) is 5.75 Å². The van der Waals surface area contributed by atoms with Crippen LogP contribution in [0.25, 0.3) is 0 Å². The second-order valence-electron chi connectivity index (χ2n) is 5.38. The lowest BCUT2D eigenvalue weighted by Crippen LogP contribution is -2.26. The molecule has 0 spiro atoms. The van der Waals surface area contributed by atoms with Gasteiger partial charge in [-0.25, -0.2) is 0 Å². The van der Waals surface area contributed by atoms with Gasteiger partial charge in [0.15, 0.2) is 0 Å². The fourth-order valence-electron chi connectivity index (χ4n) is 2.71. The average molecular weight is 253 g/mol. The number of ether oxygens (including phenoxy) is 1. The zero-order valence-electron chi connectivity index (χ0n) is 10.7. The smallest absolute Gasteiger partial charge is 0.118 e. The lowest BCUT2D eigenvalue weighted by Gasteiger charge is -2.29. The van der Waals surface area contributed by atoms with Crippen LogP contribution in [0.4, 0.5) is 0 Å². The summed E-state index contributed by atoms with van der Waals surface area (Å²) in [6.07, 6.45) is 6.18. The normalized spacial score (nSPS) is 20.2. The van der Waals surface area contributed by atoms with E-state index in [-0.39, 0.29) is 5.38 Å². The first-order valence-electron chi connectivity index (χ1n) is 6.41. The van der Waals surface area contributed by atoms with Gasteiger partial charge in [-0.3, -0.25) is 0 Å². The van der Waals surface area contributed by atoms with E-state index in [1.165, 1.54) is 31.2 Å². The molecule has 1 aromatic rings. The molecule has 1 fully saturated rings. The van der Waals surface area contributed by atoms with E-state index >= 15 is 0 Å². The highest BCUT2D eigenvalue weighted by Crippen LogP contribution is 2.43. The standard InChI is InChI=1S/C15H21ClO/c1-15(9-3-4-10-15)14(16)11-12-5-7-13(17-2)8-6-12/h5-8,14H,3-4,9-11H2,1-2H3. The third kappa shape index (κ3) is 2.95. The van der Waals surface area contributed by atoms with Crippen LogP contribution in [0.3, 0.4) is 0 Å². The molecule has 1 unspecified atom stereocenters. The fourth-order valence-corrected chi connectivity index (χ4v) is 3.11. The Balaban J connectivity index is 1.99. The van der Waals surface area contributed by atoms with Crippen LogP contribution in [0, 0.1) is 5.41 Å². The molecule has 0 aliphatic heterocycles. The van der Waals surface area contributed by atoms with Gasteiger partial charge in [-0.05, 0) is 42.4 Å². The number of halogens is 1. The molecule has 1 aliphatic rings. The number of alkyl halides is 1. The first kappa shape index (κ1) is 12.8. The Kier molecular flexibility index (Phi) is 3.98. The van der Waals surface area contributed by atoms with Gasteiger partial charge in [-0.15, -0.1) is 11.6 Å². The summed E-state index contributed by atoms with van der Waals surface area (Å²) >= 11 is 6.61. The van der Waals surface area contributed by atoms with E-state index in [4.69, 9.17) is 16.3 Å². The largest absolute Gasteiger partial charge is 0.497 e. The van der Waals surface area contributed by atoms with Crippen molar-refractivity contribution in [2.45, 2.75) is 44.4 Å². The van der Waals surface area contributed by atoms with E-state index in [1.807, 2.05) is 12.1 Å². The number of rotatable bonds is 4. The van der Waals surface area contributed by atoms with Gasteiger partial charge in [0.25, 0.3) is 0 Å². The number of hydrogen-bond acceptors (Lipinski definition) is 1. The second-order valence-corrected chi connectivity index (χ2v) is 5.91. The summed E-state index contributed by atoms with van der Waals surface area (Å²) in [7, 11) is 1.69. The Hall–Kier alpha value is -0.690. The summed E-state index contributed by atoms with van der Waals surface area (Å²) in [4.78, 5) is 0. The van der Waals surface area contributed by atoms with Crippen LogP contribution in [0.1, 0.15) is 38.2 Å². The predicted molar refractivity (Wildman–Crippen MR) is 72.9 cm³/mol. The lowest BCUT2D eigenvalue weighted by atomic mass is 9.82. The average Bonchev–Trinajstić information content (AvgIpc) is 2.78. The van der Waals surface area contributed by atoms with Crippen molar-refractivity contribution in [1.29, 1.82) is 0 Å². The van der Waals surface area contributed by atoms with Gasteiger partial charge in [0.05, 0.1) is 7.11 Å². The summed E-state index contributed by atoms with van der Waals surface area (Å²) in [6.45, 7) is 2.33. The number of methoxy groups -OCH3 is 1. The molecule has 1 nitrogen and oxygen atoms in total. The second kappa shape index (κ2) is 5.30. The van der Waals surface area contributed by atoms with E-state index < -0.39 is 0 Å². The van der Waals surface area contributed by atoms with Crippen molar-refractivity contribution in [1.82, 2.24) is 0 Å². The van der Waals surface area contributed by atoms with Gasteiger partial charge >= 0.3 is 0 Å². The molecule has 0 aromatic heterocycles. The fraction of sp³-hybridized carbons (Fsp3) is 0.600. The topological polar surface area (TPSA) is 9.23 Å². The highest BCUT2D eigenvalue weighted by Gasteiger charge is 2.35. The summed E-state index contributed by atoms with van der Waals surface area (Å²) < 4.78 is 5.16. The Bertz CT molecular complexity index is 352. The van der Waals surface area contributed by atoms with E-state index in [2.05, 4.69) is 19.1 Å². The van der Waals surface area contributed by atoms with Gasteiger partial charge in [0.1, 0.15) is 5.75 Å². The molecule has 17 heavy (non-hydrogen) atoms. The Morgan fingerprint density at radius 1 is 1.24 bits per heavy atom. The first-order chi connectivity index (χ1) is 8.14. The van der Waals surface area contributed by atoms with Gasteiger partial charge in [0.2, 0.25) is 0 Å². The van der Waals surface area contributed by atoms with Crippen LogP contribution in [-0.4, -0.2) is 12.5 Å². The van der Waals surface area contributed by atoms with Crippen LogP contribution in [0.2, 0.25) is 0 Å². The van der Waals surface area contributed by atoms with Crippen LogP contribution >= 0.6 is 11.6 Å². The van der Waals surface area contributed by atoms with Crippen molar-refractivity contribution in [3.05, 3.63) is 29.8 Å². The van der Waals surface area contributed by atoms with E-state index in [0.29, 0.717) is 5.41 Å². The maximum Gasteiger partial charge on any atom is 0.118 e. The van der Waals surface area contributed by atoms with Crippen molar-refractivity contribution >= 4 is 11.6 Å². The molecular formula is C15H21ClO. The lowest BCUT2D eigenvalue weighted by molar-refractivity contribution is 0.316. The monoisotopic (exact) mass is 252 g/mol. The molecule has 2 heteroatoms. The minimum absolute atomic E-state index is 0.249. The Morgan fingerprint density at radius 2 is 1.82 bits per heavy atom. The quantitative estimate of drug-likeness (QED) is 0.721. The summed E-state index contributed by atoms with van der Waals surface area (Å²) in [5, 5.41) is 0.249. The zero-order valence-corrected chi connectivity index (χ0v) is 11.5. The molecular weight excluding hydrogens is 232 g/mol. The SMILES string of the molecule is COc1ccc(CC(Cl)C2(C)CCCC2)cc1. The van der Waals surface area contributed by atoms with Crippen LogP contribution < -0.4 is 4.74 Å². The maximum absolute atomic E-state index is 6.61. The van der Waals surface area contributed by atoms with Gasteiger partial charge in [-0.2, -0.15) is 0 Å². The van der Waals surface area contributed by atoms with Crippen molar-refractivity contribution in [3.63, 3.8) is 0 Å². The predicted octanol–water partition coefficient (Wildman–Crippen LogP) is 4.43. The van der Waals surface area contributed by atoms with E-state index in [9.17, 15) is 0 Å². The third-order valence-electron chi connectivity index (χ3n) is 4.08. The molecule has 1 atom stereocenters. The zero-order chi connectivity index (χ0) is 12.3. The molecule has 1 aromatic carbocycles. The van der Waals surface area contributed by atoms with Gasteiger partial charge in [0, 0.05) is 5.38 Å². The molecule has 0 saturated heterocycles. The molecule has 0 N–H and O–H groups in total. The Labute approximate surface area is 109 Å². The minimum atomic E-state index is 0.249. The summed E-state index contributed by atoms with van der Waals surface area (Å²) in [6, 6.07) is 8.25. The minimum Gasteiger partial charge on any atom is -0.497 e. The number of benzene rings is 1. The van der Waals surface area contributed by atoms with Crippen molar-refractivity contribution in [2.75, 3.05) is 7.11 Å². The molecule has 0 radical (unpaired) electrons. The summed E-state index contributed by atoms with van der Waals surface area (Å²) in [5.41, 5.74) is 1.64. The molecule has 94 valence electrons. The molecule has 1 aliphatic carbocycles. The third-order valence-corrected chi connectivity index (χ3v) is 4.76. The van der Waals surface area contributed by atoms with Crippen molar-refractivity contribution < 1.29 is 4.74 Å². The molecule has 1 saturated carbocycles.